The van der Waals surface area contributed by atoms with Crippen molar-refractivity contribution in [1.82, 2.24) is 10.2 Å². The Bertz CT molecular complexity index is 393. The maximum absolute atomic E-state index is 4.47. The molecule has 1 aromatic rings. The summed E-state index contributed by atoms with van der Waals surface area (Å²) in [7, 11) is 0. The number of aryl methyl sites for hydroxylation is 1. The number of aromatic nitrogens is 2. The van der Waals surface area contributed by atoms with Crippen molar-refractivity contribution in [3.05, 3.63) is 17.3 Å². The number of hydrogen-bond acceptors (Lipinski definition) is 3. The van der Waals surface area contributed by atoms with Crippen molar-refractivity contribution in [2.24, 2.45) is 5.41 Å². The number of fused-ring (bicyclic) bond motifs is 1. The summed E-state index contributed by atoms with van der Waals surface area (Å²) in [6.45, 7) is 9.88. The number of hydrogen-bond donors (Lipinski definition) is 1. The van der Waals surface area contributed by atoms with Gasteiger partial charge in [-0.1, -0.05) is 20.8 Å². The van der Waals surface area contributed by atoms with Gasteiger partial charge in [0.25, 0.3) is 0 Å². The van der Waals surface area contributed by atoms with Crippen molar-refractivity contribution in [2.75, 3.05) is 11.9 Å². The molecule has 1 aromatic heterocycles. The summed E-state index contributed by atoms with van der Waals surface area (Å²) in [4.78, 5) is 0. The van der Waals surface area contributed by atoms with Crippen molar-refractivity contribution in [3.63, 3.8) is 0 Å². The third kappa shape index (κ3) is 2.59. The van der Waals surface area contributed by atoms with Crippen molar-refractivity contribution in [2.45, 2.75) is 52.9 Å². The summed E-state index contributed by atoms with van der Waals surface area (Å²) < 4.78 is 0. The molecule has 2 rings (SSSR count). The molecule has 0 spiro atoms. The molecule has 3 nitrogen and oxygen atoms in total. The van der Waals surface area contributed by atoms with E-state index >= 15 is 0 Å². The van der Waals surface area contributed by atoms with E-state index in [1.807, 2.05) is 0 Å². The quantitative estimate of drug-likeness (QED) is 0.851. The number of nitrogens with zero attached hydrogens (tertiary/aromatic N) is 2. The van der Waals surface area contributed by atoms with Crippen LogP contribution in [0.25, 0.3) is 0 Å². The van der Waals surface area contributed by atoms with E-state index < -0.39 is 0 Å². The molecule has 1 unspecified atom stereocenters. The zero-order valence-electron chi connectivity index (χ0n) is 11.4. The Kier molecular flexibility index (Phi) is 3.36. The van der Waals surface area contributed by atoms with Crippen molar-refractivity contribution in [3.8, 4) is 0 Å². The van der Waals surface area contributed by atoms with Gasteiger partial charge in [0, 0.05) is 12.5 Å². The molecule has 1 N–H and O–H groups in total. The normalized spacial score (nSPS) is 19.9. The summed E-state index contributed by atoms with van der Waals surface area (Å²) in [6.07, 6.45) is 3.66. The maximum atomic E-state index is 4.47. The molecule has 0 saturated carbocycles. The van der Waals surface area contributed by atoms with Crippen LogP contribution >= 0.6 is 0 Å². The van der Waals surface area contributed by atoms with Gasteiger partial charge in [0.1, 0.15) is 5.82 Å². The van der Waals surface area contributed by atoms with E-state index in [9.17, 15) is 0 Å². The fourth-order valence-corrected chi connectivity index (χ4v) is 2.68. The van der Waals surface area contributed by atoms with Gasteiger partial charge in [-0.05, 0) is 43.2 Å². The first kappa shape index (κ1) is 12.3. The number of rotatable bonds is 2. The van der Waals surface area contributed by atoms with Gasteiger partial charge in [-0.25, -0.2) is 0 Å². The summed E-state index contributed by atoms with van der Waals surface area (Å²) in [5, 5.41) is 12.0. The average molecular weight is 233 g/mol. The van der Waals surface area contributed by atoms with Gasteiger partial charge >= 0.3 is 0 Å². The topological polar surface area (TPSA) is 37.8 Å². The van der Waals surface area contributed by atoms with Gasteiger partial charge in [0.05, 0.1) is 5.69 Å². The average Bonchev–Trinajstić information content (AvgIpc) is 2.27. The van der Waals surface area contributed by atoms with E-state index in [0.717, 1.165) is 18.8 Å². The predicted molar refractivity (Wildman–Crippen MR) is 71.3 cm³/mol. The van der Waals surface area contributed by atoms with E-state index in [1.54, 1.807) is 0 Å². The van der Waals surface area contributed by atoms with Crippen LogP contribution in [-0.4, -0.2) is 16.7 Å². The SMILES string of the molecule is CCNc1cc2c(nn1)C(C(C)(C)C)CCC2. The second-order valence-electron chi connectivity index (χ2n) is 5.98. The van der Waals surface area contributed by atoms with Crippen LogP contribution in [0, 0.1) is 5.41 Å². The third-order valence-electron chi connectivity index (χ3n) is 3.58. The van der Waals surface area contributed by atoms with Gasteiger partial charge in [-0.3, -0.25) is 0 Å². The van der Waals surface area contributed by atoms with Gasteiger partial charge in [0.2, 0.25) is 0 Å². The molecule has 1 aliphatic rings. The van der Waals surface area contributed by atoms with Crippen LogP contribution in [0.4, 0.5) is 5.82 Å². The Morgan fingerprint density at radius 2 is 2.12 bits per heavy atom. The van der Waals surface area contributed by atoms with Crippen molar-refractivity contribution in [1.29, 1.82) is 0 Å². The lowest BCUT2D eigenvalue weighted by atomic mass is 9.72. The minimum atomic E-state index is 0.281. The van der Waals surface area contributed by atoms with Gasteiger partial charge in [-0.15, -0.1) is 5.10 Å². The first-order valence-corrected chi connectivity index (χ1v) is 6.62. The van der Waals surface area contributed by atoms with Crippen molar-refractivity contribution < 1.29 is 0 Å². The van der Waals surface area contributed by atoms with Crippen LogP contribution in [0.1, 0.15) is 57.7 Å². The molecule has 3 heteroatoms. The van der Waals surface area contributed by atoms with Crippen LogP contribution in [-0.2, 0) is 6.42 Å². The maximum Gasteiger partial charge on any atom is 0.148 e. The highest BCUT2D eigenvalue weighted by molar-refractivity contribution is 5.40. The molecule has 0 saturated heterocycles. The van der Waals surface area contributed by atoms with Crippen LogP contribution in [0.3, 0.4) is 0 Å². The fraction of sp³-hybridized carbons (Fsp3) is 0.714. The second-order valence-corrected chi connectivity index (χ2v) is 5.98. The second kappa shape index (κ2) is 4.63. The Hall–Kier alpha value is -1.12. The molecule has 1 atom stereocenters. The lowest BCUT2D eigenvalue weighted by Crippen LogP contribution is -2.25. The summed E-state index contributed by atoms with van der Waals surface area (Å²) in [5.74, 6) is 1.47. The highest BCUT2D eigenvalue weighted by atomic mass is 15.2. The van der Waals surface area contributed by atoms with Gasteiger partial charge in [0.15, 0.2) is 0 Å². The van der Waals surface area contributed by atoms with Gasteiger partial charge in [-0.2, -0.15) is 5.10 Å². The molecule has 0 fully saturated rings. The molecule has 0 bridgehead atoms. The molecule has 0 amide bonds. The third-order valence-corrected chi connectivity index (χ3v) is 3.58. The fourth-order valence-electron chi connectivity index (χ4n) is 2.68. The van der Waals surface area contributed by atoms with Crippen LogP contribution < -0.4 is 5.32 Å². The van der Waals surface area contributed by atoms with E-state index in [1.165, 1.54) is 24.1 Å². The molecule has 1 heterocycles. The first-order chi connectivity index (χ1) is 8.02. The van der Waals surface area contributed by atoms with Crippen molar-refractivity contribution >= 4 is 5.82 Å². The largest absolute Gasteiger partial charge is 0.369 e. The molecule has 0 radical (unpaired) electrons. The van der Waals surface area contributed by atoms with Crippen LogP contribution in [0.5, 0.6) is 0 Å². The zero-order chi connectivity index (χ0) is 12.5. The van der Waals surface area contributed by atoms with Crippen LogP contribution in [0.2, 0.25) is 0 Å². The monoisotopic (exact) mass is 233 g/mol. The molecule has 1 aliphatic carbocycles. The zero-order valence-corrected chi connectivity index (χ0v) is 11.4. The molecule has 0 aromatic carbocycles. The Labute approximate surface area is 104 Å². The standard InChI is InChI=1S/C14H23N3/c1-5-15-12-9-10-7-6-8-11(14(2,3)4)13(10)17-16-12/h9,11H,5-8H2,1-4H3,(H,15,16). The molecule has 94 valence electrons. The highest BCUT2D eigenvalue weighted by Crippen LogP contribution is 2.42. The first-order valence-electron chi connectivity index (χ1n) is 6.62. The Morgan fingerprint density at radius 1 is 1.35 bits per heavy atom. The van der Waals surface area contributed by atoms with E-state index in [0.29, 0.717) is 5.92 Å². The Morgan fingerprint density at radius 3 is 2.76 bits per heavy atom. The Balaban J connectivity index is 2.33. The number of nitrogens with one attached hydrogen (secondary N) is 1. The highest BCUT2D eigenvalue weighted by Gasteiger charge is 2.32. The molecular formula is C14H23N3. The van der Waals surface area contributed by atoms with E-state index in [4.69, 9.17) is 0 Å². The summed E-state index contributed by atoms with van der Waals surface area (Å²) in [5.41, 5.74) is 2.90. The van der Waals surface area contributed by atoms with E-state index in [2.05, 4.69) is 49.3 Å². The lowest BCUT2D eigenvalue weighted by Gasteiger charge is -2.34. The summed E-state index contributed by atoms with van der Waals surface area (Å²) >= 11 is 0. The molecule has 17 heavy (non-hydrogen) atoms. The summed E-state index contributed by atoms with van der Waals surface area (Å²) in [6, 6.07) is 2.18. The molecule has 0 aliphatic heterocycles. The van der Waals surface area contributed by atoms with Crippen LogP contribution in [0.15, 0.2) is 6.07 Å². The number of anilines is 1. The smallest absolute Gasteiger partial charge is 0.148 e. The lowest BCUT2D eigenvalue weighted by molar-refractivity contribution is 0.282. The van der Waals surface area contributed by atoms with E-state index in [-0.39, 0.29) is 5.41 Å². The van der Waals surface area contributed by atoms with Gasteiger partial charge < -0.3 is 5.32 Å². The predicted octanol–water partition coefficient (Wildman–Crippen LogP) is 3.37. The minimum Gasteiger partial charge on any atom is -0.369 e. The minimum absolute atomic E-state index is 0.281. The molecular weight excluding hydrogens is 210 g/mol.